The Kier molecular flexibility index (Phi) is 8.29. The Hall–Kier alpha value is -3.48. The molecule has 0 spiro atoms. The number of nitrogens with one attached hydrogen (secondary N) is 1. The van der Waals surface area contributed by atoms with Gasteiger partial charge in [-0.1, -0.05) is 41.9 Å². The Balaban J connectivity index is 1.34. The van der Waals surface area contributed by atoms with E-state index in [2.05, 4.69) is 15.1 Å². The fraction of sp³-hybridized carbons (Fsp3) is 0.143. The van der Waals surface area contributed by atoms with Crippen LogP contribution in [0.3, 0.4) is 0 Å². The number of aryl methyl sites for hydroxylation is 1. The van der Waals surface area contributed by atoms with Crippen molar-refractivity contribution in [1.29, 1.82) is 0 Å². The van der Waals surface area contributed by atoms with Gasteiger partial charge >= 0.3 is 0 Å². The van der Waals surface area contributed by atoms with Gasteiger partial charge in [-0.3, -0.25) is 4.79 Å². The van der Waals surface area contributed by atoms with Gasteiger partial charge in [0.15, 0.2) is 0 Å². The first-order valence-corrected chi connectivity index (χ1v) is 12.5. The van der Waals surface area contributed by atoms with Crippen molar-refractivity contribution in [3.63, 3.8) is 0 Å². The Labute approximate surface area is 214 Å². The van der Waals surface area contributed by atoms with Crippen LogP contribution >= 0.6 is 23.4 Å². The predicted molar refractivity (Wildman–Crippen MR) is 144 cm³/mol. The van der Waals surface area contributed by atoms with Gasteiger partial charge in [0.1, 0.15) is 12.4 Å². The minimum atomic E-state index is -0.166. The standard InChI is InChI=1S/C28H26ClN3O2S/c1-20-16-23(17-30-31-28(33)19-35-27-14-8-24(29)9-15-27)21(2)32(20)25-10-12-26(13-11-25)34-18-22-6-4-3-5-7-22/h3-17H,18-19H2,1-2H3,(H,31,33)/b30-17-. The molecule has 1 aromatic heterocycles. The number of aromatic nitrogens is 1. The molecule has 0 atom stereocenters. The maximum absolute atomic E-state index is 12.1. The molecule has 0 aliphatic heterocycles. The number of hydrazone groups is 1. The van der Waals surface area contributed by atoms with Gasteiger partial charge < -0.3 is 9.30 Å². The van der Waals surface area contributed by atoms with Crippen LogP contribution < -0.4 is 10.2 Å². The summed E-state index contributed by atoms with van der Waals surface area (Å²) in [5, 5.41) is 4.83. The van der Waals surface area contributed by atoms with E-state index in [1.807, 2.05) is 86.6 Å². The molecule has 0 aliphatic carbocycles. The van der Waals surface area contributed by atoms with Crippen molar-refractivity contribution in [1.82, 2.24) is 9.99 Å². The summed E-state index contributed by atoms with van der Waals surface area (Å²) in [7, 11) is 0. The first kappa shape index (κ1) is 24.6. The van der Waals surface area contributed by atoms with E-state index >= 15 is 0 Å². The van der Waals surface area contributed by atoms with E-state index in [4.69, 9.17) is 16.3 Å². The average Bonchev–Trinajstić information content (AvgIpc) is 3.16. The largest absolute Gasteiger partial charge is 0.489 e. The lowest BCUT2D eigenvalue weighted by Crippen LogP contribution is -2.19. The molecule has 0 fully saturated rings. The van der Waals surface area contributed by atoms with Crippen LogP contribution in [-0.2, 0) is 11.4 Å². The van der Waals surface area contributed by atoms with Gasteiger partial charge in [-0.15, -0.1) is 11.8 Å². The van der Waals surface area contributed by atoms with Gasteiger partial charge in [-0.2, -0.15) is 5.10 Å². The average molecular weight is 504 g/mol. The maximum Gasteiger partial charge on any atom is 0.250 e. The Bertz CT molecular complexity index is 1300. The molecule has 0 radical (unpaired) electrons. The monoisotopic (exact) mass is 503 g/mol. The minimum Gasteiger partial charge on any atom is -0.489 e. The van der Waals surface area contributed by atoms with Crippen LogP contribution in [0.2, 0.25) is 5.02 Å². The molecule has 35 heavy (non-hydrogen) atoms. The van der Waals surface area contributed by atoms with Crippen molar-refractivity contribution in [3.8, 4) is 11.4 Å². The quantitative estimate of drug-likeness (QED) is 0.160. The lowest BCUT2D eigenvalue weighted by molar-refractivity contribution is -0.118. The smallest absolute Gasteiger partial charge is 0.250 e. The van der Waals surface area contributed by atoms with E-state index in [0.29, 0.717) is 11.6 Å². The van der Waals surface area contributed by atoms with Crippen LogP contribution in [0.4, 0.5) is 0 Å². The van der Waals surface area contributed by atoms with E-state index < -0.39 is 0 Å². The third-order valence-electron chi connectivity index (χ3n) is 5.39. The molecule has 1 amide bonds. The lowest BCUT2D eigenvalue weighted by Gasteiger charge is -2.11. The second-order valence-electron chi connectivity index (χ2n) is 7.97. The molecule has 1 heterocycles. The van der Waals surface area contributed by atoms with Crippen molar-refractivity contribution in [2.75, 3.05) is 5.75 Å². The molecular weight excluding hydrogens is 478 g/mol. The fourth-order valence-electron chi connectivity index (χ4n) is 3.63. The highest BCUT2D eigenvalue weighted by atomic mass is 35.5. The number of hydrogen-bond donors (Lipinski definition) is 1. The van der Waals surface area contributed by atoms with E-state index in [-0.39, 0.29) is 11.7 Å². The number of carbonyl (C=O) groups excluding carboxylic acids is 1. The zero-order chi connectivity index (χ0) is 24.6. The van der Waals surface area contributed by atoms with Crippen molar-refractivity contribution >= 4 is 35.5 Å². The summed E-state index contributed by atoms with van der Waals surface area (Å²) >= 11 is 7.33. The Morgan fingerprint density at radius 3 is 2.46 bits per heavy atom. The molecule has 7 heteroatoms. The first-order valence-electron chi connectivity index (χ1n) is 11.2. The highest BCUT2D eigenvalue weighted by Gasteiger charge is 2.10. The summed E-state index contributed by atoms with van der Waals surface area (Å²) in [5.41, 5.74) is 7.82. The molecule has 5 nitrogen and oxygen atoms in total. The summed E-state index contributed by atoms with van der Waals surface area (Å²) in [6, 6.07) is 27.6. The molecule has 3 aromatic carbocycles. The second kappa shape index (κ2) is 11.8. The molecular formula is C28H26ClN3O2S. The van der Waals surface area contributed by atoms with Crippen LogP contribution in [0.15, 0.2) is 94.9 Å². The van der Waals surface area contributed by atoms with Gasteiger partial charge in [0, 0.05) is 32.6 Å². The van der Waals surface area contributed by atoms with Crippen molar-refractivity contribution in [3.05, 3.63) is 112 Å². The summed E-state index contributed by atoms with van der Waals surface area (Å²) in [4.78, 5) is 13.1. The molecule has 0 aliphatic rings. The number of benzene rings is 3. The van der Waals surface area contributed by atoms with Gasteiger partial charge in [0.05, 0.1) is 12.0 Å². The molecule has 4 aromatic rings. The number of nitrogens with zero attached hydrogens (tertiary/aromatic N) is 2. The summed E-state index contributed by atoms with van der Waals surface area (Å²) in [6.45, 7) is 4.62. The maximum atomic E-state index is 12.1. The third-order valence-corrected chi connectivity index (χ3v) is 6.65. The minimum absolute atomic E-state index is 0.166. The van der Waals surface area contributed by atoms with Crippen molar-refractivity contribution in [2.45, 2.75) is 25.3 Å². The molecule has 178 valence electrons. The number of ether oxygens (including phenoxy) is 1. The number of halogens is 1. The normalized spacial score (nSPS) is 11.1. The summed E-state index contributed by atoms with van der Waals surface area (Å²) < 4.78 is 8.05. The summed E-state index contributed by atoms with van der Waals surface area (Å²) in [5.74, 6) is 0.929. The first-order chi connectivity index (χ1) is 17.0. The van der Waals surface area contributed by atoms with Crippen LogP contribution in [0.25, 0.3) is 5.69 Å². The topological polar surface area (TPSA) is 55.6 Å². The number of rotatable bonds is 9. The van der Waals surface area contributed by atoms with E-state index in [9.17, 15) is 4.79 Å². The fourth-order valence-corrected chi connectivity index (χ4v) is 4.45. The van der Waals surface area contributed by atoms with Gasteiger partial charge in [0.25, 0.3) is 0 Å². The van der Waals surface area contributed by atoms with E-state index in [0.717, 1.165) is 38.8 Å². The SMILES string of the molecule is Cc1cc(/C=N\NC(=O)CSc2ccc(Cl)cc2)c(C)n1-c1ccc(OCc2ccccc2)cc1. The molecule has 1 N–H and O–H groups in total. The Morgan fingerprint density at radius 2 is 1.74 bits per heavy atom. The predicted octanol–water partition coefficient (Wildman–Crippen LogP) is 6.57. The molecule has 0 bridgehead atoms. The van der Waals surface area contributed by atoms with Crippen LogP contribution in [0, 0.1) is 13.8 Å². The second-order valence-corrected chi connectivity index (χ2v) is 9.45. The molecule has 4 rings (SSSR count). The van der Waals surface area contributed by atoms with Crippen LogP contribution in [0.5, 0.6) is 5.75 Å². The Morgan fingerprint density at radius 1 is 1.03 bits per heavy atom. The molecule has 0 unspecified atom stereocenters. The third kappa shape index (κ3) is 6.78. The van der Waals surface area contributed by atoms with Crippen molar-refractivity contribution in [2.24, 2.45) is 5.10 Å². The highest BCUT2D eigenvalue weighted by molar-refractivity contribution is 8.00. The van der Waals surface area contributed by atoms with Gasteiger partial charge in [-0.25, -0.2) is 5.43 Å². The lowest BCUT2D eigenvalue weighted by atomic mass is 10.2. The highest BCUT2D eigenvalue weighted by Crippen LogP contribution is 2.23. The molecule has 0 saturated carbocycles. The number of amides is 1. The zero-order valence-corrected chi connectivity index (χ0v) is 21.1. The molecule has 0 saturated heterocycles. The summed E-state index contributed by atoms with van der Waals surface area (Å²) in [6.07, 6.45) is 1.68. The van der Waals surface area contributed by atoms with Crippen molar-refractivity contribution < 1.29 is 9.53 Å². The zero-order valence-electron chi connectivity index (χ0n) is 19.6. The number of carbonyl (C=O) groups is 1. The number of hydrogen-bond acceptors (Lipinski definition) is 4. The van der Waals surface area contributed by atoms with Crippen LogP contribution in [0.1, 0.15) is 22.5 Å². The van der Waals surface area contributed by atoms with E-state index in [1.54, 1.807) is 18.3 Å². The van der Waals surface area contributed by atoms with E-state index in [1.165, 1.54) is 11.8 Å². The van der Waals surface area contributed by atoms with Crippen LogP contribution in [-0.4, -0.2) is 22.4 Å². The van der Waals surface area contributed by atoms with Gasteiger partial charge in [-0.05, 0) is 74.0 Å². The number of thioether (sulfide) groups is 1. The van der Waals surface area contributed by atoms with Gasteiger partial charge in [0.2, 0.25) is 5.91 Å².